The van der Waals surface area contributed by atoms with E-state index >= 15 is 0 Å². The molecule has 1 fully saturated rings. The fraction of sp³-hybridized carbons (Fsp3) is 0.909. The minimum Gasteiger partial charge on any atom is -0.354 e. The quantitative estimate of drug-likeness (QED) is 0.685. The van der Waals surface area contributed by atoms with E-state index in [2.05, 4.69) is 17.1 Å². The van der Waals surface area contributed by atoms with Crippen molar-refractivity contribution in [1.82, 2.24) is 10.2 Å². The minimum absolute atomic E-state index is 0.109. The third-order valence-corrected chi connectivity index (χ3v) is 3.01. The molecule has 1 saturated heterocycles. The summed E-state index contributed by atoms with van der Waals surface area (Å²) in [6.45, 7) is 6.01. The van der Waals surface area contributed by atoms with E-state index in [-0.39, 0.29) is 5.91 Å². The standard InChI is InChI=1S/C11H23N3O/c1-2-10-4-3-7-14(8-10)9-11(15)13-6-5-12/h10H,2-9,12H2,1H3,(H,13,15). The number of amides is 1. The van der Waals surface area contributed by atoms with E-state index < -0.39 is 0 Å². The Morgan fingerprint density at radius 2 is 2.40 bits per heavy atom. The SMILES string of the molecule is CCC1CCCN(CC(=O)NCCN)C1. The fourth-order valence-corrected chi connectivity index (χ4v) is 2.10. The molecule has 1 unspecified atom stereocenters. The van der Waals surface area contributed by atoms with Gasteiger partial charge in [-0.05, 0) is 25.3 Å². The Bertz CT molecular complexity index is 196. The number of rotatable bonds is 5. The lowest BCUT2D eigenvalue weighted by Crippen LogP contribution is -2.43. The largest absolute Gasteiger partial charge is 0.354 e. The van der Waals surface area contributed by atoms with Gasteiger partial charge in [0.25, 0.3) is 0 Å². The van der Waals surface area contributed by atoms with Gasteiger partial charge < -0.3 is 11.1 Å². The van der Waals surface area contributed by atoms with Gasteiger partial charge >= 0.3 is 0 Å². The first-order valence-corrected chi connectivity index (χ1v) is 5.95. The zero-order chi connectivity index (χ0) is 11.1. The third-order valence-electron chi connectivity index (χ3n) is 3.01. The lowest BCUT2D eigenvalue weighted by atomic mass is 9.96. The molecule has 4 heteroatoms. The van der Waals surface area contributed by atoms with Crippen molar-refractivity contribution in [3.8, 4) is 0 Å². The van der Waals surface area contributed by atoms with Crippen LogP contribution in [0.3, 0.4) is 0 Å². The highest BCUT2D eigenvalue weighted by atomic mass is 16.2. The van der Waals surface area contributed by atoms with Crippen LogP contribution >= 0.6 is 0 Å². The maximum atomic E-state index is 11.5. The van der Waals surface area contributed by atoms with Crippen molar-refractivity contribution in [2.45, 2.75) is 26.2 Å². The summed E-state index contributed by atoms with van der Waals surface area (Å²) in [7, 11) is 0. The Kier molecular flexibility index (Phi) is 5.65. The summed E-state index contributed by atoms with van der Waals surface area (Å²) in [4.78, 5) is 13.7. The van der Waals surface area contributed by atoms with E-state index in [4.69, 9.17) is 5.73 Å². The van der Waals surface area contributed by atoms with Crippen molar-refractivity contribution in [2.24, 2.45) is 11.7 Å². The number of hydrogen-bond acceptors (Lipinski definition) is 3. The predicted octanol–water partition coefficient (Wildman–Crippen LogP) is 0.183. The second-order valence-electron chi connectivity index (χ2n) is 4.29. The Morgan fingerprint density at radius 1 is 1.60 bits per heavy atom. The second-order valence-corrected chi connectivity index (χ2v) is 4.29. The van der Waals surface area contributed by atoms with Gasteiger partial charge in [0.1, 0.15) is 0 Å². The van der Waals surface area contributed by atoms with Crippen LogP contribution in [0.5, 0.6) is 0 Å². The summed E-state index contributed by atoms with van der Waals surface area (Å²) in [6.07, 6.45) is 3.76. The van der Waals surface area contributed by atoms with Gasteiger partial charge in [-0.2, -0.15) is 0 Å². The van der Waals surface area contributed by atoms with Gasteiger partial charge in [0.2, 0.25) is 5.91 Å². The molecule has 1 amide bonds. The van der Waals surface area contributed by atoms with Crippen molar-refractivity contribution in [2.75, 3.05) is 32.7 Å². The van der Waals surface area contributed by atoms with Crippen LogP contribution in [0.2, 0.25) is 0 Å². The van der Waals surface area contributed by atoms with Crippen LogP contribution in [0.1, 0.15) is 26.2 Å². The van der Waals surface area contributed by atoms with Crippen molar-refractivity contribution in [1.29, 1.82) is 0 Å². The monoisotopic (exact) mass is 213 g/mol. The first-order chi connectivity index (χ1) is 7.26. The number of nitrogens with one attached hydrogen (secondary N) is 1. The summed E-state index contributed by atoms with van der Waals surface area (Å²) in [5.41, 5.74) is 5.33. The van der Waals surface area contributed by atoms with E-state index in [0.717, 1.165) is 19.0 Å². The zero-order valence-electron chi connectivity index (χ0n) is 9.67. The molecular weight excluding hydrogens is 190 g/mol. The van der Waals surface area contributed by atoms with Crippen LogP contribution in [-0.2, 0) is 4.79 Å². The summed E-state index contributed by atoms with van der Waals surface area (Å²) in [6, 6.07) is 0. The number of nitrogens with zero attached hydrogens (tertiary/aromatic N) is 1. The number of hydrogen-bond donors (Lipinski definition) is 2. The molecule has 88 valence electrons. The number of likely N-dealkylation sites (tertiary alicyclic amines) is 1. The molecule has 0 bridgehead atoms. The van der Waals surface area contributed by atoms with Crippen LogP contribution in [-0.4, -0.2) is 43.5 Å². The smallest absolute Gasteiger partial charge is 0.234 e. The molecular formula is C11H23N3O. The molecule has 1 rings (SSSR count). The third kappa shape index (κ3) is 4.62. The van der Waals surface area contributed by atoms with E-state index in [9.17, 15) is 4.79 Å². The summed E-state index contributed by atoms with van der Waals surface area (Å²) < 4.78 is 0. The predicted molar refractivity (Wildman–Crippen MR) is 61.5 cm³/mol. The highest BCUT2D eigenvalue weighted by molar-refractivity contribution is 5.77. The highest BCUT2D eigenvalue weighted by Crippen LogP contribution is 2.18. The summed E-state index contributed by atoms with van der Waals surface area (Å²) in [5, 5.41) is 2.81. The number of carbonyl (C=O) groups is 1. The Morgan fingerprint density at radius 3 is 3.07 bits per heavy atom. The molecule has 1 aliphatic heterocycles. The Hall–Kier alpha value is -0.610. The Labute approximate surface area is 92.2 Å². The molecule has 1 atom stereocenters. The fourth-order valence-electron chi connectivity index (χ4n) is 2.10. The molecule has 15 heavy (non-hydrogen) atoms. The molecule has 0 spiro atoms. The first kappa shape index (κ1) is 12.5. The number of carbonyl (C=O) groups excluding carboxylic acids is 1. The molecule has 0 aromatic rings. The maximum Gasteiger partial charge on any atom is 0.234 e. The Balaban J connectivity index is 2.22. The van der Waals surface area contributed by atoms with Crippen molar-refractivity contribution < 1.29 is 4.79 Å². The molecule has 4 nitrogen and oxygen atoms in total. The van der Waals surface area contributed by atoms with Crippen LogP contribution in [0.4, 0.5) is 0 Å². The molecule has 0 aromatic heterocycles. The highest BCUT2D eigenvalue weighted by Gasteiger charge is 2.19. The van der Waals surface area contributed by atoms with Crippen LogP contribution in [0.25, 0.3) is 0 Å². The van der Waals surface area contributed by atoms with Gasteiger partial charge in [0, 0.05) is 19.6 Å². The van der Waals surface area contributed by atoms with E-state index in [1.165, 1.54) is 19.3 Å². The van der Waals surface area contributed by atoms with Crippen LogP contribution in [0, 0.1) is 5.92 Å². The summed E-state index contributed by atoms with van der Waals surface area (Å²) >= 11 is 0. The number of nitrogens with two attached hydrogens (primary N) is 1. The molecule has 1 aliphatic rings. The van der Waals surface area contributed by atoms with Crippen molar-refractivity contribution >= 4 is 5.91 Å². The molecule has 0 aliphatic carbocycles. The zero-order valence-corrected chi connectivity index (χ0v) is 9.67. The first-order valence-electron chi connectivity index (χ1n) is 5.95. The average molecular weight is 213 g/mol. The van der Waals surface area contributed by atoms with Gasteiger partial charge in [0.05, 0.1) is 6.54 Å². The van der Waals surface area contributed by atoms with Crippen molar-refractivity contribution in [3.05, 3.63) is 0 Å². The van der Waals surface area contributed by atoms with Crippen LogP contribution < -0.4 is 11.1 Å². The molecule has 0 saturated carbocycles. The topological polar surface area (TPSA) is 58.4 Å². The summed E-state index contributed by atoms with van der Waals surface area (Å²) in [5.74, 6) is 0.887. The van der Waals surface area contributed by atoms with Crippen LogP contribution in [0.15, 0.2) is 0 Å². The maximum absolute atomic E-state index is 11.5. The molecule has 3 N–H and O–H groups in total. The van der Waals surface area contributed by atoms with E-state index in [0.29, 0.717) is 19.6 Å². The lowest BCUT2D eigenvalue weighted by molar-refractivity contribution is -0.122. The second kappa shape index (κ2) is 6.80. The molecule has 1 heterocycles. The van der Waals surface area contributed by atoms with Gasteiger partial charge in [-0.15, -0.1) is 0 Å². The van der Waals surface area contributed by atoms with E-state index in [1.54, 1.807) is 0 Å². The van der Waals surface area contributed by atoms with Gasteiger partial charge in [-0.3, -0.25) is 9.69 Å². The average Bonchev–Trinajstić information content (AvgIpc) is 2.26. The van der Waals surface area contributed by atoms with Gasteiger partial charge in [-0.1, -0.05) is 13.3 Å². The lowest BCUT2D eigenvalue weighted by Gasteiger charge is -2.31. The molecule has 0 aromatic carbocycles. The number of piperidine rings is 1. The van der Waals surface area contributed by atoms with Gasteiger partial charge in [-0.25, -0.2) is 0 Å². The van der Waals surface area contributed by atoms with Gasteiger partial charge in [0.15, 0.2) is 0 Å². The minimum atomic E-state index is 0.109. The molecule has 0 radical (unpaired) electrons. The van der Waals surface area contributed by atoms with E-state index in [1.807, 2.05) is 0 Å². The van der Waals surface area contributed by atoms with Crippen molar-refractivity contribution in [3.63, 3.8) is 0 Å². The normalized spacial score (nSPS) is 22.7.